The SMILES string of the molecule is CC1CCCN(C(=O)C2CCc3nc(-c4ccccn4)sc3C2)C1. The molecular formula is C19H23N3OS. The first-order chi connectivity index (χ1) is 11.7. The molecule has 1 fully saturated rings. The molecule has 1 amide bonds. The van der Waals surface area contributed by atoms with Gasteiger partial charge in [0.2, 0.25) is 5.91 Å². The van der Waals surface area contributed by atoms with Gasteiger partial charge in [-0.05, 0) is 50.2 Å². The maximum Gasteiger partial charge on any atom is 0.226 e. The van der Waals surface area contributed by atoms with Gasteiger partial charge in [0.25, 0.3) is 0 Å². The third-order valence-electron chi connectivity index (χ3n) is 5.14. The van der Waals surface area contributed by atoms with Crippen molar-refractivity contribution in [1.82, 2.24) is 14.9 Å². The summed E-state index contributed by atoms with van der Waals surface area (Å²) in [5.74, 6) is 1.14. The molecule has 2 aromatic heterocycles. The lowest BCUT2D eigenvalue weighted by molar-refractivity contribution is -0.137. The Labute approximate surface area is 146 Å². The molecule has 2 aliphatic rings. The number of aromatic nitrogens is 2. The minimum Gasteiger partial charge on any atom is -0.342 e. The van der Waals surface area contributed by atoms with Crippen molar-refractivity contribution in [3.8, 4) is 10.7 Å². The molecule has 0 spiro atoms. The van der Waals surface area contributed by atoms with Crippen LogP contribution in [0.1, 0.15) is 36.8 Å². The number of piperidine rings is 1. The lowest BCUT2D eigenvalue weighted by atomic mass is 9.89. The zero-order chi connectivity index (χ0) is 16.5. The molecule has 5 heteroatoms. The van der Waals surface area contributed by atoms with E-state index < -0.39 is 0 Å². The van der Waals surface area contributed by atoms with Crippen molar-refractivity contribution in [1.29, 1.82) is 0 Å². The van der Waals surface area contributed by atoms with Crippen molar-refractivity contribution in [2.75, 3.05) is 13.1 Å². The van der Waals surface area contributed by atoms with Crippen molar-refractivity contribution in [3.05, 3.63) is 35.0 Å². The van der Waals surface area contributed by atoms with Gasteiger partial charge < -0.3 is 4.90 Å². The number of amides is 1. The summed E-state index contributed by atoms with van der Waals surface area (Å²) in [5.41, 5.74) is 2.11. The molecule has 2 unspecified atom stereocenters. The summed E-state index contributed by atoms with van der Waals surface area (Å²) in [5, 5.41) is 0.986. The van der Waals surface area contributed by atoms with Crippen molar-refractivity contribution < 1.29 is 4.79 Å². The average molecular weight is 341 g/mol. The van der Waals surface area contributed by atoms with Crippen molar-refractivity contribution >= 4 is 17.2 Å². The summed E-state index contributed by atoms with van der Waals surface area (Å²) in [6, 6.07) is 5.92. The van der Waals surface area contributed by atoms with E-state index >= 15 is 0 Å². The molecule has 0 bridgehead atoms. The number of aryl methyl sites for hydroxylation is 1. The smallest absolute Gasteiger partial charge is 0.226 e. The second-order valence-corrected chi connectivity index (χ2v) is 8.16. The highest BCUT2D eigenvalue weighted by Gasteiger charge is 2.32. The van der Waals surface area contributed by atoms with Gasteiger partial charge in [-0.1, -0.05) is 13.0 Å². The summed E-state index contributed by atoms with van der Waals surface area (Å²) in [6.07, 6.45) is 6.90. The van der Waals surface area contributed by atoms with Crippen LogP contribution in [0.5, 0.6) is 0 Å². The summed E-state index contributed by atoms with van der Waals surface area (Å²) >= 11 is 1.71. The second-order valence-electron chi connectivity index (χ2n) is 7.08. The predicted molar refractivity (Wildman–Crippen MR) is 95.8 cm³/mol. The molecule has 0 radical (unpaired) electrons. The fourth-order valence-electron chi connectivity index (χ4n) is 3.83. The molecule has 1 aliphatic carbocycles. The van der Waals surface area contributed by atoms with E-state index in [2.05, 4.69) is 16.8 Å². The van der Waals surface area contributed by atoms with Gasteiger partial charge in [-0.15, -0.1) is 11.3 Å². The standard InChI is InChI=1S/C19H23N3OS/c1-13-5-4-10-22(12-13)19(23)14-7-8-15-17(11-14)24-18(21-15)16-6-2-3-9-20-16/h2-3,6,9,13-14H,4-5,7-8,10-12H2,1H3. The number of fused-ring (bicyclic) bond motifs is 1. The van der Waals surface area contributed by atoms with Gasteiger partial charge in [0.05, 0.1) is 11.4 Å². The lowest BCUT2D eigenvalue weighted by Gasteiger charge is -2.34. The van der Waals surface area contributed by atoms with E-state index in [1.807, 2.05) is 18.2 Å². The average Bonchev–Trinajstić information content (AvgIpc) is 3.05. The van der Waals surface area contributed by atoms with E-state index in [0.29, 0.717) is 11.8 Å². The Balaban J connectivity index is 1.49. The molecule has 4 rings (SSSR count). The number of thiazole rings is 1. The Morgan fingerprint density at radius 1 is 1.33 bits per heavy atom. The maximum atomic E-state index is 12.9. The number of nitrogens with zero attached hydrogens (tertiary/aromatic N) is 3. The summed E-state index contributed by atoms with van der Waals surface area (Å²) in [4.78, 5) is 25.4. The quantitative estimate of drug-likeness (QED) is 0.839. The van der Waals surface area contributed by atoms with Crippen LogP contribution in [-0.4, -0.2) is 33.9 Å². The van der Waals surface area contributed by atoms with Crippen LogP contribution in [0, 0.1) is 11.8 Å². The van der Waals surface area contributed by atoms with Gasteiger partial charge in [-0.2, -0.15) is 0 Å². The molecule has 1 saturated heterocycles. The van der Waals surface area contributed by atoms with Gasteiger partial charge >= 0.3 is 0 Å². The lowest BCUT2D eigenvalue weighted by Crippen LogP contribution is -2.43. The summed E-state index contributed by atoms with van der Waals surface area (Å²) in [7, 11) is 0. The van der Waals surface area contributed by atoms with Gasteiger partial charge in [0, 0.05) is 30.1 Å². The van der Waals surface area contributed by atoms with Crippen LogP contribution >= 0.6 is 11.3 Å². The predicted octanol–water partition coefficient (Wildman–Crippen LogP) is 3.57. The van der Waals surface area contributed by atoms with Crippen LogP contribution in [0.15, 0.2) is 24.4 Å². The van der Waals surface area contributed by atoms with Crippen LogP contribution < -0.4 is 0 Å². The largest absolute Gasteiger partial charge is 0.342 e. The minimum absolute atomic E-state index is 0.139. The van der Waals surface area contributed by atoms with E-state index in [1.54, 1.807) is 17.5 Å². The van der Waals surface area contributed by atoms with E-state index in [0.717, 1.165) is 49.5 Å². The van der Waals surface area contributed by atoms with Gasteiger partial charge in [0.1, 0.15) is 5.01 Å². The van der Waals surface area contributed by atoms with Crippen molar-refractivity contribution in [2.24, 2.45) is 11.8 Å². The molecule has 1 aliphatic heterocycles. The molecule has 4 nitrogen and oxygen atoms in total. The van der Waals surface area contributed by atoms with Crippen LogP contribution in [0.25, 0.3) is 10.7 Å². The van der Waals surface area contributed by atoms with Crippen LogP contribution in [0.3, 0.4) is 0 Å². The van der Waals surface area contributed by atoms with Crippen molar-refractivity contribution in [2.45, 2.75) is 39.0 Å². The second kappa shape index (κ2) is 6.63. The molecule has 0 N–H and O–H groups in total. The monoisotopic (exact) mass is 341 g/mol. The molecular weight excluding hydrogens is 318 g/mol. The normalized spacial score (nSPS) is 23.8. The first-order valence-electron chi connectivity index (χ1n) is 8.89. The number of rotatable bonds is 2. The fraction of sp³-hybridized carbons (Fsp3) is 0.526. The topological polar surface area (TPSA) is 46.1 Å². The third-order valence-corrected chi connectivity index (χ3v) is 6.28. The number of carbonyl (C=O) groups is 1. The Kier molecular flexibility index (Phi) is 4.35. The number of likely N-dealkylation sites (tertiary alicyclic amines) is 1. The Bertz CT molecular complexity index is 727. The third kappa shape index (κ3) is 3.09. The Morgan fingerprint density at radius 3 is 3.04 bits per heavy atom. The number of carbonyl (C=O) groups excluding carboxylic acids is 1. The molecule has 0 saturated carbocycles. The minimum atomic E-state index is 0.139. The van der Waals surface area contributed by atoms with Crippen LogP contribution in [0.2, 0.25) is 0 Å². The number of hydrogen-bond acceptors (Lipinski definition) is 4. The summed E-state index contributed by atoms with van der Waals surface area (Å²) < 4.78 is 0. The Hall–Kier alpha value is -1.75. The molecule has 24 heavy (non-hydrogen) atoms. The molecule has 3 heterocycles. The number of hydrogen-bond donors (Lipinski definition) is 0. The van der Waals surface area contributed by atoms with E-state index in [9.17, 15) is 4.79 Å². The van der Waals surface area contributed by atoms with Gasteiger partial charge in [-0.25, -0.2) is 4.98 Å². The zero-order valence-corrected chi connectivity index (χ0v) is 14.9. The summed E-state index contributed by atoms with van der Waals surface area (Å²) in [6.45, 7) is 4.12. The van der Waals surface area contributed by atoms with Crippen LogP contribution in [-0.2, 0) is 17.6 Å². The first-order valence-corrected chi connectivity index (χ1v) is 9.71. The highest BCUT2D eigenvalue weighted by Crippen LogP contribution is 2.35. The fourth-order valence-corrected chi connectivity index (χ4v) is 5.00. The molecule has 0 aromatic carbocycles. The van der Waals surface area contributed by atoms with Gasteiger partial charge in [0.15, 0.2) is 0 Å². The van der Waals surface area contributed by atoms with E-state index in [-0.39, 0.29) is 5.92 Å². The highest BCUT2D eigenvalue weighted by atomic mass is 32.1. The molecule has 126 valence electrons. The maximum absolute atomic E-state index is 12.9. The van der Waals surface area contributed by atoms with Crippen molar-refractivity contribution in [3.63, 3.8) is 0 Å². The van der Waals surface area contributed by atoms with E-state index in [1.165, 1.54) is 17.0 Å². The van der Waals surface area contributed by atoms with Crippen LogP contribution in [0.4, 0.5) is 0 Å². The molecule has 2 aromatic rings. The van der Waals surface area contributed by atoms with E-state index in [4.69, 9.17) is 4.98 Å². The number of pyridine rings is 1. The zero-order valence-electron chi connectivity index (χ0n) is 14.1. The van der Waals surface area contributed by atoms with Gasteiger partial charge in [-0.3, -0.25) is 9.78 Å². The Morgan fingerprint density at radius 2 is 2.25 bits per heavy atom. The highest BCUT2D eigenvalue weighted by molar-refractivity contribution is 7.15. The first kappa shape index (κ1) is 15.8. The molecule has 2 atom stereocenters.